The average molecular weight is 376 g/mol. The van der Waals surface area contributed by atoms with Crippen LogP contribution in [0, 0.1) is 6.92 Å². The molecule has 3 N–H and O–H groups in total. The van der Waals surface area contributed by atoms with Crippen LogP contribution in [0.2, 0.25) is 5.02 Å². The number of hydrogen-bond acceptors (Lipinski definition) is 3. The molecule has 7 heteroatoms. The van der Waals surface area contributed by atoms with Crippen LogP contribution in [-0.4, -0.2) is 8.42 Å². The van der Waals surface area contributed by atoms with Crippen molar-refractivity contribution in [1.82, 2.24) is 0 Å². The lowest BCUT2D eigenvalue weighted by Gasteiger charge is -2.11. The quantitative estimate of drug-likeness (QED) is 0.802. The highest BCUT2D eigenvalue weighted by Gasteiger charge is 2.19. The predicted molar refractivity (Wildman–Crippen MR) is 85.6 cm³/mol. The number of rotatable bonds is 3. The van der Waals surface area contributed by atoms with E-state index in [-0.39, 0.29) is 9.92 Å². The van der Waals surface area contributed by atoms with Gasteiger partial charge in [0.2, 0.25) is 0 Å². The fourth-order valence-corrected chi connectivity index (χ4v) is 3.70. The zero-order valence-corrected chi connectivity index (χ0v) is 13.7. The number of hydrogen-bond donors (Lipinski definition) is 2. The molecule has 0 aliphatic carbocycles. The summed E-state index contributed by atoms with van der Waals surface area (Å²) in [5, 5.41) is 0.138. The minimum Gasteiger partial charge on any atom is -0.398 e. The van der Waals surface area contributed by atoms with E-state index in [9.17, 15) is 8.42 Å². The lowest BCUT2D eigenvalue weighted by atomic mass is 10.2. The van der Waals surface area contributed by atoms with Crippen molar-refractivity contribution in [2.45, 2.75) is 11.8 Å². The molecule has 2 aromatic carbocycles. The van der Waals surface area contributed by atoms with Crippen molar-refractivity contribution in [3.8, 4) is 0 Å². The van der Waals surface area contributed by atoms with Gasteiger partial charge in [0.05, 0.1) is 5.02 Å². The highest BCUT2D eigenvalue weighted by Crippen LogP contribution is 2.28. The largest absolute Gasteiger partial charge is 0.398 e. The molecule has 0 bridgehead atoms. The summed E-state index contributed by atoms with van der Waals surface area (Å²) < 4.78 is 27.9. The van der Waals surface area contributed by atoms with Gasteiger partial charge in [-0.2, -0.15) is 0 Å². The summed E-state index contributed by atoms with van der Waals surface area (Å²) in [6.07, 6.45) is 0. The van der Waals surface area contributed by atoms with Crippen molar-refractivity contribution in [2.75, 3.05) is 10.5 Å². The van der Waals surface area contributed by atoms with Gasteiger partial charge < -0.3 is 5.73 Å². The maximum atomic E-state index is 12.3. The number of nitrogens with two attached hydrogens (primary N) is 1. The molecule has 106 valence electrons. The second kappa shape index (κ2) is 5.63. The summed E-state index contributed by atoms with van der Waals surface area (Å²) >= 11 is 9.28. The summed E-state index contributed by atoms with van der Waals surface area (Å²) in [5.41, 5.74) is 7.30. The normalized spacial score (nSPS) is 11.3. The molecule has 0 aliphatic rings. The fraction of sp³-hybridized carbons (Fsp3) is 0.0769. The van der Waals surface area contributed by atoms with E-state index in [1.54, 1.807) is 31.2 Å². The Bertz CT molecular complexity index is 763. The van der Waals surface area contributed by atoms with Crippen molar-refractivity contribution in [3.05, 3.63) is 51.5 Å². The highest BCUT2D eigenvalue weighted by molar-refractivity contribution is 9.10. The Kier molecular flexibility index (Phi) is 4.27. The van der Waals surface area contributed by atoms with Crippen LogP contribution < -0.4 is 10.5 Å². The van der Waals surface area contributed by atoms with Crippen molar-refractivity contribution >= 4 is 48.9 Å². The van der Waals surface area contributed by atoms with E-state index in [0.29, 0.717) is 11.4 Å². The molecule has 4 nitrogen and oxygen atoms in total. The van der Waals surface area contributed by atoms with Gasteiger partial charge in [0.15, 0.2) is 0 Å². The van der Waals surface area contributed by atoms with Crippen LogP contribution in [0.3, 0.4) is 0 Å². The van der Waals surface area contributed by atoms with Crippen LogP contribution in [0.15, 0.2) is 45.8 Å². The van der Waals surface area contributed by atoms with Crippen LogP contribution >= 0.6 is 27.5 Å². The van der Waals surface area contributed by atoms with Gasteiger partial charge in [0, 0.05) is 15.8 Å². The number of nitrogen functional groups attached to an aromatic ring is 1. The smallest absolute Gasteiger partial charge is 0.263 e. The molecule has 0 aliphatic heterocycles. The van der Waals surface area contributed by atoms with Gasteiger partial charge in [-0.1, -0.05) is 33.6 Å². The molecule has 0 unspecified atom stereocenters. The molecule has 20 heavy (non-hydrogen) atoms. The molecule has 0 spiro atoms. The molecule has 0 saturated carbocycles. The van der Waals surface area contributed by atoms with Crippen molar-refractivity contribution in [2.24, 2.45) is 0 Å². The second-order valence-electron chi connectivity index (χ2n) is 4.26. The van der Waals surface area contributed by atoms with E-state index in [1.165, 1.54) is 12.1 Å². The Balaban J connectivity index is 2.43. The van der Waals surface area contributed by atoms with Crippen LogP contribution in [0.1, 0.15) is 5.56 Å². The molecule has 0 saturated heterocycles. The first kappa shape index (κ1) is 15.2. The van der Waals surface area contributed by atoms with Gasteiger partial charge >= 0.3 is 0 Å². The predicted octanol–water partition coefficient (Wildman–Crippen LogP) is 3.79. The average Bonchev–Trinajstić information content (AvgIpc) is 2.33. The van der Waals surface area contributed by atoms with Crippen LogP contribution in [0.4, 0.5) is 11.4 Å². The summed E-state index contributed by atoms with van der Waals surface area (Å²) in [6.45, 7) is 1.76. The number of nitrogens with one attached hydrogen (secondary N) is 1. The molecule has 2 rings (SSSR count). The number of anilines is 2. The molecule has 0 radical (unpaired) electrons. The Morgan fingerprint density at radius 1 is 1.25 bits per heavy atom. The van der Waals surface area contributed by atoms with Crippen LogP contribution in [-0.2, 0) is 10.0 Å². The molecule has 2 aromatic rings. The number of halogens is 2. The third kappa shape index (κ3) is 3.26. The van der Waals surface area contributed by atoms with Crippen LogP contribution in [0.5, 0.6) is 0 Å². The maximum absolute atomic E-state index is 12.3. The van der Waals surface area contributed by atoms with E-state index < -0.39 is 10.0 Å². The minimum absolute atomic E-state index is 0.0396. The molecule has 0 aromatic heterocycles. The molecule has 0 heterocycles. The lowest BCUT2D eigenvalue weighted by Crippen LogP contribution is -2.14. The van der Waals surface area contributed by atoms with Gasteiger partial charge in [0.1, 0.15) is 4.90 Å². The minimum atomic E-state index is -3.78. The van der Waals surface area contributed by atoms with Crippen LogP contribution in [0.25, 0.3) is 0 Å². The van der Waals surface area contributed by atoms with Gasteiger partial charge in [-0.25, -0.2) is 8.42 Å². The molecular formula is C13H12BrClN2O2S. The fourth-order valence-electron chi connectivity index (χ4n) is 1.64. The first-order valence-electron chi connectivity index (χ1n) is 5.63. The monoisotopic (exact) mass is 374 g/mol. The molecule has 0 amide bonds. The van der Waals surface area contributed by atoms with Gasteiger partial charge in [0.25, 0.3) is 10.0 Å². The topological polar surface area (TPSA) is 72.2 Å². The van der Waals surface area contributed by atoms with Crippen molar-refractivity contribution in [3.63, 3.8) is 0 Å². The Morgan fingerprint density at radius 3 is 2.60 bits per heavy atom. The lowest BCUT2D eigenvalue weighted by molar-refractivity contribution is 0.601. The van der Waals surface area contributed by atoms with E-state index in [4.69, 9.17) is 17.3 Å². The summed E-state index contributed by atoms with van der Waals surface area (Å²) in [6, 6.07) is 9.72. The number of aryl methyl sites for hydroxylation is 1. The van der Waals surface area contributed by atoms with E-state index >= 15 is 0 Å². The third-order valence-corrected chi connectivity index (χ3v) is 5.03. The molecular weight excluding hydrogens is 364 g/mol. The number of benzene rings is 2. The van der Waals surface area contributed by atoms with E-state index in [1.807, 2.05) is 0 Å². The Labute approximate surface area is 131 Å². The number of sulfonamides is 1. The first-order valence-corrected chi connectivity index (χ1v) is 8.29. The molecule has 0 atom stereocenters. The maximum Gasteiger partial charge on any atom is 0.263 e. The van der Waals surface area contributed by atoms with Crippen molar-refractivity contribution in [1.29, 1.82) is 0 Å². The summed E-state index contributed by atoms with van der Waals surface area (Å²) in [5.74, 6) is 0. The Hall–Kier alpha value is -1.24. The third-order valence-electron chi connectivity index (χ3n) is 2.69. The van der Waals surface area contributed by atoms with E-state index in [2.05, 4.69) is 20.7 Å². The molecule has 0 fully saturated rings. The van der Waals surface area contributed by atoms with Gasteiger partial charge in [-0.3, -0.25) is 4.72 Å². The zero-order valence-electron chi connectivity index (χ0n) is 10.5. The summed E-state index contributed by atoms with van der Waals surface area (Å²) in [4.78, 5) is -0.0396. The highest BCUT2D eigenvalue weighted by atomic mass is 79.9. The van der Waals surface area contributed by atoms with E-state index in [0.717, 1.165) is 10.0 Å². The van der Waals surface area contributed by atoms with Gasteiger partial charge in [-0.15, -0.1) is 0 Å². The first-order chi connectivity index (χ1) is 9.29. The SMILES string of the molecule is Cc1cc(Cl)c(S(=O)(=O)Nc2cccc(Br)c2)cc1N. The second-order valence-corrected chi connectivity index (χ2v) is 7.23. The standard InChI is InChI=1S/C13H12BrClN2O2S/c1-8-5-11(15)13(7-12(8)16)20(18,19)17-10-4-2-3-9(14)6-10/h2-7,17H,16H2,1H3. The Morgan fingerprint density at radius 2 is 1.95 bits per heavy atom. The van der Waals surface area contributed by atoms with Gasteiger partial charge in [-0.05, 0) is 42.8 Å². The zero-order chi connectivity index (χ0) is 14.9. The van der Waals surface area contributed by atoms with Crippen molar-refractivity contribution < 1.29 is 8.42 Å². The summed E-state index contributed by atoms with van der Waals surface area (Å²) in [7, 11) is -3.78.